The number of anilines is 6. The van der Waals surface area contributed by atoms with Crippen LogP contribution in [0.1, 0.15) is 17.0 Å². The van der Waals surface area contributed by atoms with Gasteiger partial charge in [0.2, 0.25) is 0 Å². The summed E-state index contributed by atoms with van der Waals surface area (Å²) in [5, 5.41) is 36.6. The van der Waals surface area contributed by atoms with E-state index in [-0.39, 0.29) is 22.8 Å². The van der Waals surface area contributed by atoms with Crippen LogP contribution in [0, 0.1) is 40.6 Å². The number of ether oxygens (including phenoxy) is 2. The van der Waals surface area contributed by atoms with E-state index in [1.54, 1.807) is 36.8 Å². The monoisotopic (exact) mass is 1100 g/mol. The van der Waals surface area contributed by atoms with Gasteiger partial charge < -0.3 is 33.3 Å². The third-order valence-electron chi connectivity index (χ3n) is 16.2. The average Bonchev–Trinajstić information content (AvgIpc) is 1.45. The van der Waals surface area contributed by atoms with Crippen molar-refractivity contribution in [3.05, 3.63) is 265 Å². The first-order chi connectivity index (χ1) is 42.5. The molecule has 13 heteroatoms. The summed E-state index contributed by atoms with van der Waals surface area (Å²) >= 11 is 0. The van der Waals surface area contributed by atoms with Gasteiger partial charge in [-0.1, -0.05) is 97.6 Å². The minimum Gasteiger partial charge on any atom is -0.453 e. The summed E-state index contributed by atoms with van der Waals surface area (Å²) in [6.07, 6.45) is 5.01. The molecule has 0 radical (unpaired) electrons. The Balaban J connectivity index is 1.07. The largest absolute Gasteiger partial charge is 0.453 e. The molecule has 0 fully saturated rings. The Labute approximate surface area is 491 Å². The molecule has 398 valence electrons. The average molecular weight is 1100 g/mol. The smallest absolute Gasteiger partial charge is 0.269 e. The number of rotatable bonds is 7. The van der Waals surface area contributed by atoms with Crippen LogP contribution in [0.4, 0.5) is 39.9 Å². The van der Waals surface area contributed by atoms with Gasteiger partial charge in [0.15, 0.2) is 23.0 Å². The second-order valence-corrected chi connectivity index (χ2v) is 20.8. The highest BCUT2D eigenvalue weighted by Crippen LogP contribution is 2.56. The second kappa shape index (κ2) is 19.4. The molecular formula is C73H39N11O2. The number of nitrogens with zero attached hydrogens (tertiary/aromatic N) is 11. The maximum absolute atomic E-state index is 12.3. The standard InChI is InChI=1S/C73H39N11O2/c1-77-68-35-28-45(43-80-68)70-55(40-76)69(44-26-29-47(38-74)78-41-44)72(83-56-16-4-2-14-51(56)53-36-49(31-33-58(53)83)81-60-18-6-10-22-64(60)85-65-23-11-7-19-61(65)81)71(46-27-30-48(39-75)79-42-46)73(70)84-57-17-5-3-15-52(57)54-37-50(32-34-59(54)84)82-62-20-8-12-24-66(62)86-67-25-13-9-21-63(67)82/h2-37,41-43H. The van der Waals surface area contributed by atoms with E-state index < -0.39 is 0 Å². The molecule has 2 aliphatic rings. The normalized spacial score (nSPS) is 12.0. The quantitative estimate of drug-likeness (QED) is 0.141. The minimum atomic E-state index is 0.183. The van der Waals surface area contributed by atoms with Crippen LogP contribution in [0.2, 0.25) is 0 Å². The fourth-order valence-corrected chi connectivity index (χ4v) is 12.6. The summed E-state index contributed by atoms with van der Waals surface area (Å²) in [4.78, 5) is 22.3. The van der Waals surface area contributed by atoms with E-state index in [2.05, 4.69) is 137 Å². The molecule has 13 nitrogen and oxygen atoms in total. The predicted octanol–water partition coefficient (Wildman–Crippen LogP) is 18.4. The van der Waals surface area contributed by atoms with Gasteiger partial charge in [-0.05, 0) is 127 Å². The van der Waals surface area contributed by atoms with E-state index in [0.29, 0.717) is 44.8 Å². The van der Waals surface area contributed by atoms with Crippen LogP contribution in [-0.2, 0) is 0 Å². The molecule has 0 spiro atoms. The molecule has 0 aliphatic carbocycles. The zero-order chi connectivity index (χ0) is 57.6. The molecule has 5 aromatic heterocycles. The fourth-order valence-electron chi connectivity index (χ4n) is 12.6. The van der Waals surface area contributed by atoms with Crippen molar-refractivity contribution in [2.75, 3.05) is 9.80 Å². The molecule has 9 aromatic carbocycles. The molecule has 0 saturated heterocycles. The van der Waals surface area contributed by atoms with E-state index in [9.17, 15) is 15.8 Å². The Morgan fingerprint density at radius 3 is 1.14 bits per heavy atom. The first-order valence-corrected chi connectivity index (χ1v) is 27.6. The number of aromatic nitrogens is 5. The van der Waals surface area contributed by atoms with Crippen LogP contribution in [0.25, 0.3) is 93.2 Å². The number of pyridine rings is 3. The molecule has 0 saturated carbocycles. The summed E-state index contributed by atoms with van der Waals surface area (Å²) in [5.74, 6) is 3.09. The first-order valence-electron chi connectivity index (χ1n) is 27.6. The zero-order valence-corrected chi connectivity index (χ0v) is 45.3. The topological polar surface area (TPSA) is 149 Å². The van der Waals surface area contributed by atoms with E-state index in [0.717, 1.165) is 101 Å². The lowest BCUT2D eigenvalue weighted by Gasteiger charge is -2.33. The van der Waals surface area contributed by atoms with Crippen molar-refractivity contribution < 1.29 is 9.47 Å². The summed E-state index contributed by atoms with van der Waals surface area (Å²) in [6.45, 7) is 7.97. The van der Waals surface area contributed by atoms with Crippen molar-refractivity contribution in [2.45, 2.75) is 0 Å². The molecule has 7 heterocycles. The summed E-state index contributed by atoms with van der Waals surface area (Å²) in [5.41, 5.74) is 13.9. The Hall–Kier alpha value is -12.8. The maximum atomic E-state index is 12.3. The van der Waals surface area contributed by atoms with Gasteiger partial charge in [-0.3, -0.25) is 0 Å². The van der Waals surface area contributed by atoms with Gasteiger partial charge in [-0.2, -0.15) is 15.8 Å². The molecule has 0 atom stereocenters. The van der Waals surface area contributed by atoms with Gasteiger partial charge in [0, 0.05) is 78.7 Å². The molecule has 0 amide bonds. The number of para-hydroxylation sites is 10. The Bertz CT molecular complexity index is 4980. The van der Waals surface area contributed by atoms with Crippen molar-refractivity contribution in [1.29, 1.82) is 15.8 Å². The summed E-state index contributed by atoms with van der Waals surface area (Å²) < 4.78 is 17.4. The molecular weight excluding hydrogens is 1060 g/mol. The third kappa shape index (κ3) is 7.44. The van der Waals surface area contributed by atoms with Crippen molar-refractivity contribution >= 4 is 83.6 Å². The first kappa shape index (κ1) is 49.0. The number of nitriles is 3. The van der Waals surface area contributed by atoms with Crippen LogP contribution in [-0.4, -0.2) is 24.1 Å². The highest BCUT2D eigenvalue weighted by atomic mass is 16.5. The molecule has 16 rings (SSSR count). The third-order valence-corrected chi connectivity index (χ3v) is 16.2. The van der Waals surface area contributed by atoms with Crippen LogP contribution in [0.3, 0.4) is 0 Å². The van der Waals surface area contributed by atoms with E-state index >= 15 is 0 Å². The lowest BCUT2D eigenvalue weighted by molar-refractivity contribution is 0.477. The van der Waals surface area contributed by atoms with Gasteiger partial charge in [-0.15, -0.1) is 4.98 Å². The van der Waals surface area contributed by atoms with Crippen molar-refractivity contribution in [1.82, 2.24) is 24.1 Å². The van der Waals surface area contributed by atoms with Gasteiger partial charge in [-0.25, -0.2) is 9.97 Å². The lowest BCUT2D eigenvalue weighted by atomic mass is 9.84. The molecule has 86 heavy (non-hydrogen) atoms. The molecule has 0 N–H and O–H groups in total. The predicted molar refractivity (Wildman–Crippen MR) is 335 cm³/mol. The van der Waals surface area contributed by atoms with Gasteiger partial charge in [0.25, 0.3) is 5.82 Å². The maximum Gasteiger partial charge on any atom is 0.269 e. The van der Waals surface area contributed by atoms with Gasteiger partial charge >= 0.3 is 0 Å². The van der Waals surface area contributed by atoms with E-state index in [1.165, 1.54) is 0 Å². The molecule has 0 bridgehead atoms. The van der Waals surface area contributed by atoms with Gasteiger partial charge in [0.05, 0.1) is 61.8 Å². The highest BCUT2D eigenvalue weighted by molar-refractivity contribution is 6.16. The number of fused-ring (bicyclic) bond motifs is 10. The minimum absolute atomic E-state index is 0.183. The number of hydrogen-bond acceptors (Lipinski definition) is 10. The summed E-state index contributed by atoms with van der Waals surface area (Å²) in [7, 11) is 0. The SMILES string of the molecule is [C-]#[N+]c1ccc(-c2c(C#N)c(-c3ccc(C#N)nc3)c(-n3c4ccccc4c4cc(N5c6ccccc6Oc6ccccc65)ccc43)c(-c3ccc(C#N)nc3)c2-n2c3ccccc3c3cc(N4c5ccccc5Oc5ccccc54)ccc32)cn1. The molecule has 0 unspecified atom stereocenters. The van der Waals surface area contributed by atoms with Crippen molar-refractivity contribution in [3.8, 4) is 86.0 Å². The van der Waals surface area contributed by atoms with Gasteiger partial charge in [0.1, 0.15) is 35.8 Å². The Morgan fingerprint density at radius 2 is 0.756 bits per heavy atom. The number of hydrogen-bond donors (Lipinski definition) is 0. The van der Waals surface area contributed by atoms with E-state index in [1.807, 2.05) is 115 Å². The van der Waals surface area contributed by atoms with Crippen LogP contribution >= 0.6 is 0 Å². The van der Waals surface area contributed by atoms with Crippen LogP contribution in [0.15, 0.2) is 237 Å². The fraction of sp³-hybridized carbons (Fsp3) is 0. The zero-order valence-electron chi connectivity index (χ0n) is 45.3. The van der Waals surface area contributed by atoms with E-state index in [4.69, 9.17) is 21.0 Å². The Morgan fingerprint density at radius 1 is 0.372 bits per heavy atom. The number of benzene rings is 9. The highest BCUT2D eigenvalue weighted by Gasteiger charge is 2.35. The molecule has 14 aromatic rings. The molecule has 2 aliphatic heterocycles. The van der Waals surface area contributed by atoms with Crippen molar-refractivity contribution in [3.63, 3.8) is 0 Å². The van der Waals surface area contributed by atoms with Crippen LogP contribution in [0.5, 0.6) is 23.0 Å². The van der Waals surface area contributed by atoms with Crippen molar-refractivity contribution in [2.24, 2.45) is 0 Å². The lowest BCUT2D eigenvalue weighted by Crippen LogP contribution is -2.15. The van der Waals surface area contributed by atoms with Crippen LogP contribution < -0.4 is 19.3 Å². The second-order valence-electron chi connectivity index (χ2n) is 20.8. The summed E-state index contributed by atoms with van der Waals surface area (Å²) in [6, 6.07) is 79.3. The Kier molecular flexibility index (Phi) is 11.1.